The van der Waals surface area contributed by atoms with E-state index in [2.05, 4.69) is 5.92 Å². The quantitative estimate of drug-likeness (QED) is 0.420. The molecule has 0 atom stereocenters. The smallest absolute Gasteiger partial charge is 0.164 e. The highest BCUT2D eigenvalue weighted by atomic mass is 35.5. The predicted octanol–water partition coefficient (Wildman–Crippen LogP) is 3.33. The van der Waals surface area contributed by atoms with E-state index >= 15 is 0 Å². The van der Waals surface area contributed by atoms with Gasteiger partial charge in [-0.3, -0.25) is 4.79 Å². The van der Waals surface area contributed by atoms with E-state index < -0.39 is 0 Å². The van der Waals surface area contributed by atoms with E-state index in [9.17, 15) is 4.79 Å². The van der Waals surface area contributed by atoms with Crippen LogP contribution in [0.1, 0.15) is 29.6 Å². The van der Waals surface area contributed by atoms with E-state index in [-0.39, 0.29) is 5.78 Å². The van der Waals surface area contributed by atoms with Gasteiger partial charge in [-0.2, -0.15) is 0 Å². The van der Waals surface area contributed by atoms with E-state index in [1.165, 1.54) is 0 Å². The van der Waals surface area contributed by atoms with Gasteiger partial charge in [0.15, 0.2) is 5.78 Å². The van der Waals surface area contributed by atoms with Crippen LogP contribution in [0, 0.1) is 12.3 Å². The zero-order valence-corrected chi connectivity index (χ0v) is 8.55. The standard InChI is InChI=1S/C12H11ClO/c1-2-3-4-9-12(14)10-7-5-6-8-11(10)13/h1,5-8H,3-4,9H2. The summed E-state index contributed by atoms with van der Waals surface area (Å²) in [5.41, 5.74) is 0.589. The number of terminal acetylenes is 1. The van der Waals surface area contributed by atoms with Crippen LogP contribution in [0.2, 0.25) is 5.02 Å². The van der Waals surface area contributed by atoms with E-state index in [0.717, 1.165) is 6.42 Å². The first kappa shape index (κ1) is 10.8. The monoisotopic (exact) mass is 206 g/mol. The number of benzene rings is 1. The highest BCUT2D eigenvalue weighted by molar-refractivity contribution is 6.33. The SMILES string of the molecule is C#CCCCC(=O)c1ccccc1Cl. The van der Waals surface area contributed by atoms with Gasteiger partial charge in [0.25, 0.3) is 0 Å². The lowest BCUT2D eigenvalue weighted by Gasteiger charge is -2.01. The molecule has 1 aromatic rings. The molecule has 0 radical (unpaired) electrons. The topological polar surface area (TPSA) is 17.1 Å². The van der Waals surface area contributed by atoms with Crippen LogP contribution in [0.4, 0.5) is 0 Å². The maximum atomic E-state index is 11.6. The number of carbonyl (C=O) groups excluding carboxylic acids is 1. The molecule has 14 heavy (non-hydrogen) atoms. The maximum Gasteiger partial charge on any atom is 0.164 e. The fourth-order valence-electron chi connectivity index (χ4n) is 1.17. The molecule has 1 rings (SSSR count). The van der Waals surface area contributed by atoms with Crippen molar-refractivity contribution in [2.45, 2.75) is 19.3 Å². The summed E-state index contributed by atoms with van der Waals surface area (Å²) in [4.78, 5) is 11.6. The molecule has 0 N–H and O–H groups in total. The number of carbonyl (C=O) groups is 1. The molecule has 0 aliphatic heterocycles. The Hall–Kier alpha value is -1.26. The van der Waals surface area contributed by atoms with Gasteiger partial charge in [0.1, 0.15) is 0 Å². The van der Waals surface area contributed by atoms with Crippen molar-refractivity contribution in [1.29, 1.82) is 0 Å². The predicted molar refractivity (Wildman–Crippen MR) is 58.5 cm³/mol. The van der Waals surface area contributed by atoms with Crippen molar-refractivity contribution >= 4 is 17.4 Å². The largest absolute Gasteiger partial charge is 0.294 e. The molecular weight excluding hydrogens is 196 g/mol. The fourth-order valence-corrected chi connectivity index (χ4v) is 1.41. The minimum absolute atomic E-state index is 0.0610. The zero-order valence-electron chi connectivity index (χ0n) is 7.79. The average molecular weight is 207 g/mol. The summed E-state index contributed by atoms with van der Waals surface area (Å²) in [6.45, 7) is 0. The number of hydrogen-bond donors (Lipinski definition) is 0. The molecule has 0 aliphatic carbocycles. The van der Waals surface area contributed by atoms with Crippen molar-refractivity contribution in [2.75, 3.05) is 0 Å². The van der Waals surface area contributed by atoms with Crippen LogP contribution in [0.25, 0.3) is 0 Å². The van der Waals surface area contributed by atoms with E-state index in [4.69, 9.17) is 18.0 Å². The first-order valence-electron chi connectivity index (χ1n) is 4.47. The van der Waals surface area contributed by atoms with Gasteiger partial charge in [-0.05, 0) is 18.6 Å². The lowest BCUT2D eigenvalue weighted by atomic mass is 10.1. The molecule has 72 valence electrons. The van der Waals surface area contributed by atoms with Crippen LogP contribution in [-0.2, 0) is 0 Å². The molecule has 0 heterocycles. The summed E-state index contributed by atoms with van der Waals surface area (Å²) in [5.74, 6) is 2.56. The Kier molecular flexibility index (Phi) is 4.22. The van der Waals surface area contributed by atoms with E-state index in [0.29, 0.717) is 23.4 Å². The van der Waals surface area contributed by atoms with Crippen LogP contribution in [0.3, 0.4) is 0 Å². The van der Waals surface area contributed by atoms with Gasteiger partial charge < -0.3 is 0 Å². The Morgan fingerprint density at radius 3 is 2.79 bits per heavy atom. The summed E-state index contributed by atoms with van der Waals surface area (Å²) in [6, 6.07) is 7.07. The number of Topliss-reactive ketones (excluding diaryl/α,β-unsaturated/α-hetero) is 1. The van der Waals surface area contributed by atoms with Gasteiger partial charge in [0.05, 0.1) is 5.02 Å². The molecule has 0 spiro atoms. The van der Waals surface area contributed by atoms with Crippen LogP contribution in [0.15, 0.2) is 24.3 Å². The number of hydrogen-bond acceptors (Lipinski definition) is 1. The summed E-state index contributed by atoms with van der Waals surface area (Å²) >= 11 is 5.87. The van der Waals surface area contributed by atoms with Crippen molar-refractivity contribution in [3.63, 3.8) is 0 Å². The maximum absolute atomic E-state index is 11.6. The summed E-state index contributed by atoms with van der Waals surface area (Å²) in [6.07, 6.45) is 6.92. The van der Waals surface area contributed by atoms with Crippen LogP contribution in [-0.4, -0.2) is 5.78 Å². The van der Waals surface area contributed by atoms with Gasteiger partial charge in [0.2, 0.25) is 0 Å². The molecule has 0 aromatic heterocycles. The third-order valence-corrected chi connectivity index (χ3v) is 2.23. The zero-order chi connectivity index (χ0) is 10.4. The molecule has 0 unspecified atom stereocenters. The highest BCUT2D eigenvalue weighted by Crippen LogP contribution is 2.17. The van der Waals surface area contributed by atoms with Gasteiger partial charge in [-0.1, -0.05) is 23.7 Å². The van der Waals surface area contributed by atoms with Gasteiger partial charge >= 0.3 is 0 Å². The lowest BCUT2D eigenvalue weighted by Crippen LogP contribution is -1.99. The Morgan fingerprint density at radius 1 is 1.43 bits per heavy atom. The van der Waals surface area contributed by atoms with Gasteiger partial charge in [0, 0.05) is 18.4 Å². The second-order valence-corrected chi connectivity index (χ2v) is 3.37. The lowest BCUT2D eigenvalue weighted by molar-refractivity contribution is 0.0981. The minimum Gasteiger partial charge on any atom is -0.294 e. The fraction of sp³-hybridized carbons (Fsp3) is 0.250. The van der Waals surface area contributed by atoms with Crippen LogP contribution < -0.4 is 0 Å². The number of ketones is 1. The first-order valence-corrected chi connectivity index (χ1v) is 4.84. The Balaban J connectivity index is 2.62. The second-order valence-electron chi connectivity index (χ2n) is 2.96. The van der Waals surface area contributed by atoms with Crippen LogP contribution in [0.5, 0.6) is 0 Å². The molecule has 2 heteroatoms. The number of rotatable bonds is 4. The third-order valence-electron chi connectivity index (χ3n) is 1.90. The van der Waals surface area contributed by atoms with Crippen molar-refractivity contribution < 1.29 is 4.79 Å². The van der Waals surface area contributed by atoms with Crippen molar-refractivity contribution in [3.05, 3.63) is 34.9 Å². The van der Waals surface area contributed by atoms with Gasteiger partial charge in [-0.15, -0.1) is 12.3 Å². The van der Waals surface area contributed by atoms with E-state index in [1.807, 2.05) is 0 Å². The molecule has 0 fully saturated rings. The molecular formula is C12H11ClO. The molecule has 0 saturated carbocycles. The average Bonchev–Trinajstić information content (AvgIpc) is 2.18. The van der Waals surface area contributed by atoms with Crippen LogP contribution >= 0.6 is 11.6 Å². The first-order chi connectivity index (χ1) is 6.75. The normalized spacial score (nSPS) is 9.43. The number of unbranched alkanes of at least 4 members (excludes halogenated alkanes) is 1. The number of halogens is 1. The van der Waals surface area contributed by atoms with Gasteiger partial charge in [-0.25, -0.2) is 0 Å². The summed E-state index contributed by atoms with van der Waals surface area (Å²) in [5, 5.41) is 0.512. The molecule has 1 aromatic carbocycles. The Bertz CT molecular complexity index is 363. The highest BCUT2D eigenvalue weighted by Gasteiger charge is 2.08. The summed E-state index contributed by atoms with van der Waals surface area (Å²) in [7, 11) is 0. The van der Waals surface area contributed by atoms with Crippen molar-refractivity contribution in [2.24, 2.45) is 0 Å². The molecule has 1 nitrogen and oxygen atoms in total. The summed E-state index contributed by atoms with van der Waals surface area (Å²) < 4.78 is 0. The Labute approximate surface area is 89.1 Å². The molecule has 0 amide bonds. The Morgan fingerprint density at radius 2 is 2.14 bits per heavy atom. The molecule has 0 aliphatic rings. The van der Waals surface area contributed by atoms with Crippen molar-refractivity contribution in [3.8, 4) is 12.3 Å². The second kappa shape index (κ2) is 5.47. The van der Waals surface area contributed by atoms with Crippen molar-refractivity contribution in [1.82, 2.24) is 0 Å². The molecule has 0 saturated heterocycles. The minimum atomic E-state index is 0.0610. The third kappa shape index (κ3) is 2.90. The molecule has 0 bridgehead atoms. The van der Waals surface area contributed by atoms with E-state index in [1.54, 1.807) is 24.3 Å².